The number of benzene rings is 2. The van der Waals surface area contributed by atoms with Crippen LogP contribution in [0.4, 0.5) is 15.8 Å². The number of anilines is 2. The zero-order valence-electron chi connectivity index (χ0n) is 28.3. The molecule has 0 unspecified atom stereocenters. The SMILES string of the molecule is CC1(C)O[C@@H]2C[C@H]3[C@@H]4CCC5=CC(=O)C=C[C@]5(C)[C@@]4(F)[C@@H](O)C[C@]3(C)[C@]2(C(=O)CO)O1.O=C(O)Cc1ccccc1Nc1c(Cl)cccc1Cl. The van der Waals surface area contributed by atoms with E-state index in [1.165, 1.54) is 12.2 Å². The highest BCUT2D eigenvalue weighted by Crippen LogP contribution is 2.72. The van der Waals surface area contributed by atoms with E-state index in [0.29, 0.717) is 46.2 Å². The number of halogens is 3. The molecule has 8 atom stereocenters. The monoisotopic (exact) mass is 729 g/mol. The number of carboxylic acid groups (broad SMARTS) is 1. The first-order valence-electron chi connectivity index (χ1n) is 16.8. The summed E-state index contributed by atoms with van der Waals surface area (Å²) in [5.74, 6) is -3.35. The number of carboxylic acids is 1. The molecule has 1 saturated heterocycles. The summed E-state index contributed by atoms with van der Waals surface area (Å²) < 4.78 is 29.5. The minimum absolute atomic E-state index is 0.0109. The number of aliphatic hydroxyl groups excluding tert-OH is 2. The van der Waals surface area contributed by atoms with E-state index in [1.807, 2.05) is 13.0 Å². The fourth-order valence-electron chi connectivity index (χ4n) is 9.64. The van der Waals surface area contributed by atoms with Gasteiger partial charge in [-0.25, -0.2) is 4.39 Å². The van der Waals surface area contributed by atoms with Crippen LogP contribution in [-0.2, 0) is 30.3 Å². The van der Waals surface area contributed by atoms with Gasteiger partial charge in [0.1, 0.15) is 6.61 Å². The Bertz CT molecular complexity index is 1780. The van der Waals surface area contributed by atoms with Crippen molar-refractivity contribution in [1.82, 2.24) is 0 Å². The molecule has 2 aromatic carbocycles. The number of hydrogen-bond donors (Lipinski definition) is 4. The number of ether oxygens (including phenoxy) is 2. The zero-order chi connectivity index (χ0) is 36.4. The molecule has 4 fully saturated rings. The highest BCUT2D eigenvalue weighted by atomic mass is 35.5. The van der Waals surface area contributed by atoms with Crippen LogP contribution < -0.4 is 5.32 Å². The van der Waals surface area contributed by atoms with Crippen LogP contribution in [0.1, 0.15) is 58.9 Å². The molecule has 3 saturated carbocycles. The number of carbonyl (C=O) groups is 3. The number of allylic oxidation sites excluding steroid dienone is 4. The maximum absolute atomic E-state index is 17.1. The van der Waals surface area contributed by atoms with E-state index < -0.39 is 64.4 Å². The first-order chi connectivity index (χ1) is 23.4. The quantitative estimate of drug-likeness (QED) is 0.253. The van der Waals surface area contributed by atoms with E-state index in [1.54, 1.807) is 63.2 Å². The highest BCUT2D eigenvalue weighted by molar-refractivity contribution is 6.39. The average Bonchev–Trinajstić information content (AvgIpc) is 3.46. The third kappa shape index (κ3) is 5.54. The van der Waals surface area contributed by atoms with Crippen LogP contribution in [0.5, 0.6) is 0 Å². The summed E-state index contributed by atoms with van der Waals surface area (Å²) in [5, 5.41) is 34.1. The summed E-state index contributed by atoms with van der Waals surface area (Å²) in [6.07, 6.45) is 3.93. The van der Waals surface area contributed by atoms with Crippen LogP contribution in [0.15, 0.2) is 66.3 Å². The van der Waals surface area contributed by atoms with Crippen LogP contribution in [0.25, 0.3) is 0 Å². The first kappa shape index (κ1) is 36.7. The van der Waals surface area contributed by atoms with Crippen molar-refractivity contribution in [2.45, 2.75) is 89.1 Å². The van der Waals surface area contributed by atoms with Gasteiger partial charge in [-0.2, -0.15) is 0 Å². The molecular formula is C38H42Cl2FNO8. The number of Topliss-reactive ketones (excluding diaryl/α,β-unsaturated/α-hetero) is 1. The molecule has 268 valence electrons. The molecule has 0 bridgehead atoms. The number of aliphatic hydroxyl groups is 2. The second kappa shape index (κ2) is 12.8. The van der Waals surface area contributed by atoms with Crippen molar-refractivity contribution in [1.29, 1.82) is 0 Å². The Morgan fingerprint density at radius 3 is 2.38 bits per heavy atom. The Morgan fingerprint density at radius 2 is 1.72 bits per heavy atom. The van der Waals surface area contributed by atoms with Crippen molar-refractivity contribution < 1.29 is 43.6 Å². The van der Waals surface area contributed by atoms with Gasteiger partial charge in [0, 0.05) is 22.4 Å². The largest absolute Gasteiger partial charge is 0.481 e. The molecule has 0 spiro atoms. The Morgan fingerprint density at radius 1 is 1.04 bits per heavy atom. The molecule has 1 heterocycles. The maximum atomic E-state index is 17.1. The van der Waals surface area contributed by atoms with Gasteiger partial charge in [-0.1, -0.05) is 66.0 Å². The van der Waals surface area contributed by atoms with Gasteiger partial charge in [0.15, 0.2) is 28.6 Å². The standard InChI is InChI=1S/C24H31FO6.C14H11Cl2NO2/c1-20(2)30-19-10-16-15-6-5-13-9-14(27)7-8-21(13,3)23(15,25)17(28)11-22(16,4)24(19,31-20)18(29)12-26;15-10-5-3-6-11(16)14(10)17-12-7-2-1-4-9(12)8-13(18)19/h7-9,15-17,19,26,28H,5-6,10-12H2,1-4H3;1-7,17H,8H2,(H,18,19)/t15-,16-,17-,19+,21-,22-,23-,24+;/m0./s1. The second-order valence-electron chi connectivity index (χ2n) is 14.9. The minimum Gasteiger partial charge on any atom is -0.481 e. The lowest BCUT2D eigenvalue weighted by atomic mass is 9.44. The second-order valence-corrected chi connectivity index (χ2v) is 15.7. The normalized spacial score (nSPS) is 36.2. The Balaban J connectivity index is 0.000000195. The lowest BCUT2D eigenvalue weighted by Crippen LogP contribution is -2.70. The van der Waals surface area contributed by atoms with Gasteiger partial charge in [0.2, 0.25) is 0 Å². The number of carbonyl (C=O) groups excluding carboxylic acids is 2. The number of hydrogen-bond acceptors (Lipinski definition) is 8. The van der Waals surface area contributed by atoms with Gasteiger partial charge in [-0.05, 0) is 88.3 Å². The van der Waals surface area contributed by atoms with Gasteiger partial charge in [0.25, 0.3) is 0 Å². The van der Waals surface area contributed by atoms with Crippen molar-refractivity contribution >= 4 is 52.1 Å². The zero-order valence-corrected chi connectivity index (χ0v) is 29.9. The van der Waals surface area contributed by atoms with Crippen molar-refractivity contribution in [2.24, 2.45) is 22.7 Å². The third-order valence-corrected chi connectivity index (χ3v) is 12.4. The summed E-state index contributed by atoms with van der Waals surface area (Å²) in [5.41, 5.74) is -2.73. The molecule has 0 aromatic heterocycles. The number of alkyl halides is 1. The summed E-state index contributed by atoms with van der Waals surface area (Å²) >= 11 is 12.1. The lowest BCUT2D eigenvalue weighted by molar-refractivity contribution is -0.246. The Kier molecular flexibility index (Phi) is 9.41. The predicted molar refractivity (Wildman–Crippen MR) is 186 cm³/mol. The van der Waals surface area contributed by atoms with E-state index >= 15 is 4.39 Å². The number of ketones is 2. The van der Waals surface area contributed by atoms with Crippen LogP contribution in [0.2, 0.25) is 10.0 Å². The molecule has 7 rings (SSSR count). The molecule has 4 N–H and O–H groups in total. The average molecular weight is 731 g/mol. The van der Waals surface area contributed by atoms with E-state index in [-0.39, 0.29) is 24.5 Å². The summed E-state index contributed by atoms with van der Waals surface area (Å²) in [6.45, 7) is 6.41. The van der Waals surface area contributed by atoms with Gasteiger partial charge >= 0.3 is 5.97 Å². The summed E-state index contributed by atoms with van der Waals surface area (Å²) in [7, 11) is 0. The van der Waals surface area contributed by atoms with Crippen LogP contribution >= 0.6 is 23.2 Å². The van der Waals surface area contributed by atoms with E-state index in [2.05, 4.69) is 5.32 Å². The molecule has 5 aliphatic rings. The van der Waals surface area contributed by atoms with Gasteiger partial charge < -0.3 is 30.1 Å². The number of aliphatic carboxylic acids is 1. The summed E-state index contributed by atoms with van der Waals surface area (Å²) in [6, 6.07) is 12.3. The molecule has 1 aliphatic heterocycles. The Hall–Kier alpha value is -3.12. The van der Waals surface area contributed by atoms with E-state index in [0.717, 1.165) is 5.57 Å². The van der Waals surface area contributed by atoms with Gasteiger partial charge in [-0.15, -0.1) is 0 Å². The van der Waals surface area contributed by atoms with Crippen molar-refractivity contribution in [3.05, 3.63) is 81.9 Å². The van der Waals surface area contributed by atoms with E-state index in [4.69, 9.17) is 37.8 Å². The van der Waals surface area contributed by atoms with Crippen molar-refractivity contribution in [2.75, 3.05) is 11.9 Å². The first-order valence-corrected chi connectivity index (χ1v) is 17.5. The fraction of sp³-hybridized carbons (Fsp3) is 0.500. The van der Waals surface area contributed by atoms with Gasteiger partial charge in [-0.3, -0.25) is 14.4 Å². The van der Waals surface area contributed by atoms with Crippen LogP contribution in [0.3, 0.4) is 0 Å². The molecule has 0 radical (unpaired) electrons. The van der Waals surface area contributed by atoms with E-state index in [9.17, 15) is 24.6 Å². The number of fused-ring (bicyclic) bond motifs is 7. The Labute approximate surface area is 300 Å². The van der Waals surface area contributed by atoms with Crippen molar-refractivity contribution in [3.8, 4) is 0 Å². The lowest BCUT2D eigenvalue weighted by Gasteiger charge is -2.62. The fourth-order valence-corrected chi connectivity index (χ4v) is 10.1. The van der Waals surface area contributed by atoms with Gasteiger partial charge in [0.05, 0.1) is 34.4 Å². The molecule has 9 nitrogen and oxygen atoms in total. The maximum Gasteiger partial charge on any atom is 0.307 e. The van der Waals surface area contributed by atoms with Crippen LogP contribution in [-0.4, -0.2) is 68.7 Å². The topological polar surface area (TPSA) is 142 Å². The number of nitrogens with one attached hydrogen (secondary N) is 1. The third-order valence-electron chi connectivity index (χ3n) is 11.8. The predicted octanol–water partition coefficient (Wildman–Crippen LogP) is 6.78. The molecule has 50 heavy (non-hydrogen) atoms. The number of para-hydroxylation sites is 2. The smallest absolute Gasteiger partial charge is 0.307 e. The van der Waals surface area contributed by atoms with Crippen molar-refractivity contribution in [3.63, 3.8) is 0 Å². The summed E-state index contributed by atoms with van der Waals surface area (Å²) in [4.78, 5) is 35.9. The molecular weight excluding hydrogens is 688 g/mol. The molecule has 2 aromatic rings. The van der Waals surface area contributed by atoms with Crippen LogP contribution in [0, 0.1) is 22.7 Å². The number of rotatable bonds is 6. The molecule has 12 heteroatoms. The molecule has 0 amide bonds. The highest BCUT2D eigenvalue weighted by Gasteiger charge is 2.80. The minimum atomic E-state index is -1.98. The molecule has 4 aliphatic carbocycles.